The molecule has 1 saturated heterocycles. The summed E-state index contributed by atoms with van der Waals surface area (Å²) in [5.74, 6) is -2.68. The Bertz CT molecular complexity index is 703. The first-order chi connectivity index (χ1) is 12.7. The second-order valence-corrected chi connectivity index (χ2v) is 7.01. The lowest BCUT2D eigenvalue weighted by molar-refractivity contribution is -0.146. The highest BCUT2D eigenvalue weighted by Crippen LogP contribution is 2.24. The van der Waals surface area contributed by atoms with Crippen molar-refractivity contribution in [2.45, 2.75) is 51.7 Å². The molecule has 0 radical (unpaired) electrons. The van der Waals surface area contributed by atoms with Gasteiger partial charge in [-0.3, -0.25) is 9.59 Å². The monoisotopic (exact) mass is 382 g/mol. The zero-order valence-corrected chi connectivity index (χ0v) is 15.6. The third-order valence-corrected chi connectivity index (χ3v) is 4.59. The molecule has 1 aliphatic rings. The van der Waals surface area contributed by atoms with Gasteiger partial charge in [-0.15, -0.1) is 0 Å². The second-order valence-electron chi connectivity index (χ2n) is 7.01. The maximum absolute atomic E-state index is 13.4. The Labute approximate surface area is 156 Å². The molecule has 0 saturated carbocycles. The molecule has 1 heterocycles. The van der Waals surface area contributed by atoms with E-state index >= 15 is 0 Å². The number of carbonyl (C=O) groups is 3. The highest BCUT2D eigenvalue weighted by atomic mass is 19.1. The quantitative estimate of drug-likeness (QED) is 0.734. The van der Waals surface area contributed by atoms with Crippen molar-refractivity contribution in [3.63, 3.8) is 0 Å². The highest BCUT2D eigenvalue weighted by Gasteiger charge is 2.34. The third kappa shape index (κ3) is 5.48. The molecular formula is C19H24F2N2O4. The SMILES string of the molecule is COC(=O)[C@@H](NC(=O)C[C@@H]1CCC(=O)N1Cc1cc(F)cc(F)c1)C(C)C. The van der Waals surface area contributed by atoms with Crippen molar-refractivity contribution < 1.29 is 27.9 Å². The van der Waals surface area contributed by atoms with Crippen LogP contribution < -0.4 is 5.32 Å². The number of halogens is 2. The Morgan fingerprint density at radius 1 is 1.26 bits per heavy atom. The molecule has 0 spiro atoms. The summed E-state index contributed by atoms with van der Waals surface area (Å²) in [6, 6.07) is 1.93. The molecule has 0 aliphatic carbocycles. The average molecular weight is 382 g/mol. The van der Waals surface area contributed by atoms with E-state index in [1.54, 1.807) is 13.8 Å². The van der Waals surface area contributed by atoms with E-state index in [4.69, 9.17) is 4.74 Å². The third-order valence-electron chi connectivity index (χ3n) is 4.59. The van der Waals surface area contributed by atoms with Gasteiger partial charge in [0.15, 0.2) is 0 Å². The summed E-state index contributed by atoms with van der Waals surface area (Å²) in [5, 5.41) is 2.64. The van der Waals surface area contributed by atoms with E-state index in [0.29, 0.717) is 12.0 Å². The molecule has 2 amide bonds. The van der Waals surface area contributed by atoms with Gasteiger partial charge in [0.05, 0.1) is 7.11 Å². The summed E-state index contributed by atoms with van der Waals surface area (Å²) in [4.78, 5) is 37.8. The minimum absolute atomic E-state index is 0.00372. The van der Waals surface area contributed by atoms with Gasteiger partial charge in [0.25, 0.3) is 0 Å². The maximum Gasteiger partial charge on any atom is 0.328 e. The fraction of sp³-hybridized carbons (Fsp3) is 0.526. The Kier molecular flexibility index (Phi) is 6.87. The first-order valence-corrected chi connectivity index (χ1v) is 8.83. The van der Waals surface area contributed by atoms with Crippen LogP contribution in [0.5, 0.6) is 0 Å². The van der Waals surface area contributed by atoms with Gasteiger partial charge in [-0.2, -0.15) is 0 Å². The number of carbonyl (C=O) groups excluding carboxylic acids is 3. The van der Waals surface area contributed by atoms with Gasteiger partial charge in [-0.1, -0.05) is 13.8 Å². The first kappa shape index (κ1) is 20.8. The Hall–Kier alpha value is -2.51. The van der Waals surface area contributed by atoms with Crippen molar-refractivity contribution in [1.82, 2.24) is 10.2 Å². The molecule has 1 fully saturated rings. The normalized spacial score (nSPS) is 17.9. The predicted molar refractivity (Wildman–Crippen MR) is 93.3 cm³/mol. The molecule has 8 heteroatoms. The van der Waals surface area contributed by atoms with Gasteiger partial charge in [-0.05, 0) is 30.0 Å². The topological polar surface area (TPSA) is 75.7 Å². The van der Waals surface area contributed by atoms with Gasteiger partial charge >= 0.3 is 5.97 Å². The lowest BCUT2D eigenvalue weighted by atomic mass is 10.0. The van der Waals surface area contributed by atoms with Crippen LogP contribution in [0.2, 0.25) is 0 Å². The van der Waals surface area contributed by atoms with Crippen LogP contribution in [0, 0.1) is 17.6 Å². The fourth-order valence-electron chi connectivity index (χ4n) is 3.19. The van der Waals surface area contributed by atoms with Crippen LogP contribution in [0.25, 0.3) is 0 Å². The lowest BCUT2D eigenvalue weighted by Gasteiger charge is -2.26. The number of esters is 1. The molecule has 1 aromatic rings. The van der Waals surface area contributed by atoms with Crippen molar-refractivity contribution in [2.75, 3.05) is 7.11 Å². The van der Waals surface area contributed by atoms with E-state index in [1.165, 1.54) is 12.0 Å². The highest BCUT2D eigenvalue weighted by molar-refractivity contribution is 5.86. The molecule has 0 unspecified atom stereocenters. The zero-order valence-electron chi connectivity index (χ0n) is 15.6. The minimum Gasteiger partial charge on any atom is -0.467 e. The van der Waals surface area contributed by atoms with E-state index in [0.717, 1.165) is 18.2 Å². The number of nitrogens with zero attached hydrogens (tertiary/aromatic N) is 1. The van der Waals surface area contributed by atoms with E-state index in [9.17, 15) is 23.2 Å². The smallest absolute Gasteiger partial charge is 0.328 e. The molecule has 2 atom stereocenters. The number of rotatable bonds is 7. The number of hydrogen-bond acceptors (Lipinski definition) is 4. The number of methoxy groups -OCH3 is 1. The molecule has 2 rings (SSSR count). The first-order valence-electron chi connectivity index (χ1n) is 8.83. The van der Waals surface area contributed by atoms with Crippen molar-refractivity contribution in [1.29, 1.82) is 0 Å². The molecule has 0 aromatic heterocycles. The second kappa shape index (κ2) is 8.92. The molecular weight excluding hydrogens is 358 g/mol. The van der Waals surface area contributed by atoms with Crippen LogP contribution in [-0.2, 0) is 25.7 Å². The van der Waals surface area contributed by atoms with Crippen molar-refractivity contribution in [3.8, 4) is 0 Å². The summed E-state index contributed by atoms with van der Waals surface area (Å²) in [6.45, 7) is 3.59. The molecule has 6 nitrogen and oxygen atoms in total. The van der Waals surface area contributed by atoms with Gasteiger partial charge in [0, 0.05) is 31.5 Å². The van der Waals surface area contributed by atoms with Crippen molar-refractivity contribution >= 4 is 17.8 Å². The van der Waals surface area contributed by atoms with E-state index in [2.05, 4.69) is 5.32 Å². The van der Waals surface area contributed by atoms with E-state index in [-0.39, 0.29) is 37.1 Å². The van der Waals surface area contributed by atoms with Crippen LogP contribution in [0.4, 0.5) is 8.78 Å². The number of benzene rings is 1. The summed E-state index contributed by atoms with van der Waals surface area (Å²) >= 11 is 0. The van der Waals surface area contributed by atoms with Gasteiger partial charge in [0.2, 0.25) is 11.8 Å². The molecule has 1 aliphatic heterocycles. The Morgan fingerprint density at radius 3 is 2.44 bits per heavy atom. The summed E-state index contributed by atoms with van der Waals surface area (Å²) in [5.41, 5.74) is 0.322. The van der Waals surface area contributed by atoms with Crippen LogP contribution in [0.3, 0.4) is 0 Å². The molecule has 0 bridgehead atoms. The zero-order chi connectivity index (χ0) is 20.1. The largest absolute Gasteiger partial charge is 0.467 e. The van der Waals surface area contributed by atoms with E-state index < -0.39 is 29.7 Å². The molecule has 27 heavy (non-hydrogen) atoms. The van der Waals surface area contributed by atoms with E-state index in [1.807, 2.05) is 0 Å². The Morgan fingerprint density at radius 2 is 1.89 bits per heavy atom. The number of nitrogens with one attached hydrogen (secondary N) is 1. The van der Waals surface area contributed by atoms with Crippen LogP contribution in [-0.4, -0.2) is 41.9 Å². The summed E-state index contributed by atoms with van der Waals surface area (Å²) in [7, 11) is 1.25. The number of hydrogen-bond donors (Lipinski definition) is 1. The molecule has 1 aromatic carbocycles. The van der Waals surface area contributed by atoms with Crippen molar-refractivity contribution in [2.24, 2.45) is 5.92 Å². The number of amides is 2. The number of likely N-dealkylation sites (tertiary alicyclic amines) is 1. The van der Waals surface area contributed by atoms with Crippen LogP contribution in [0.1, 0.15) is 38.7 Å². The van der Waals surface area contributed by atoms with Gasteiger partial charge < -0.3 is 15.0 Å². The Balaban J connectivity index is 2.04. The summed E-state index contributed by atoms with van der Waals surface area (Å²) < 4.78 is 31.5. The standard InChI is InChI=1S/C19H24F2N2O4/c1-11(2)18(19(26)27-3)22-16(24)9-15-4-5-17(25)23(15)10-12-6-13(20)8-14(21)7-12/h6-8,11,15,18H,4-5,9-10H2,1-3H3,(H,22,24)/t15-,18-/m0/s1. The minimum atomic E-state index is -0.773. The number of ether oxygens (including phenoxy) is 1. The van der Waals surface area contributed by atoms with Crippen molar-refractivity contribution in [3.05, 3.63) is 35.4 Å². The lowest BCUT2D eigenvalue weighted by Crippen LogP contribution is -2.46. The average Bonchev–Trinajstić information content (AvgIpc) is 2.91. The van der Waals surface area contributed by atoms with Gasteiger partial charge in [-0.25, -0.2) is 13.6 Å². The van der Waals surface area contributed by atoms with Crippen LogP contribution in [0.15, 0.2) is 18.2 Å². The molecule has 148 valence electrons. The fourth-order valence-corrected chi connectivity index (χ4v) is 3.19. The predicted octanol–water partition coefficient (Wildman–Crippen LogP) is 2.16. The maximum atomic E-state index is 13.4. The molecule has 1 N–H and O–H groups in total. The summed E-state index contributed by atoms with van der Waals surface area (Å²) in [6.07, 6.45) is 0.735. The van der Waals surface area contributed by atoms with Gasteiger partial charge in [0.1, 0.15) is 17.7 Å². The van der Waals surface area contributed by atoms with Crippen LogP contribution >= 0.6 is 0 Å².